The van der Waals surface area contributed by atoms with E-state index in [9.17, 15) is 4.79 Å². The van der Waals surface area contributed by atoms with Gasteiger partial charge in [-0.05, 0) is 24.8 Å². The number of hydrogen-bond acceptors (Lipinski definition) is 5. The summed E-state index contributed by atoms with van der Waals surface area (Å²) in [4.78, 5) is 16.9. The molecule has 3 aliphatic rings. The summed E-state index contributed by atoms with van der Waals surface area (Å²) >= 11 is 0. The van der Waals surface area contributed by atoms with Crippen LogP contribution in [0.1, 0.15) is 18.4 Å². The zero-order valence-corrected chi connectivity index (χ0v) is 13.7. The van der Waals surface area contributed by atoms with E-state index in [4.69, 9.17) is 9.15 Å². The van der Waals surface area contributed by atoms with Crippen LogP contribution in [0.15, 0.2) is 23.0 Å². The van der Waals surface area contributed by atoms with Crippen molar-refractivity contribution in [2.24, 2.45) is 5.92 Å². The van der Waals surface area contributed by atoms with Gasteiger partial charge in [0.2, 0.25) is 5.91 Å². The van der Waals surface area contributed by atoms with Crippen molar-refractivity contribution in [3.05, 3.63) is 24.2 Å². The van der Waals surface area contributed by atoms with Crippen LogP contribution < -0.4 is 5.32 Å². The normalized spacial score (nSPS) is 27.8. The van der Waals surface area contributed by atoms with E-state index in [0.29, 0.717) is 6.61 Å². The maximum atomic E-state index is 12.1. The summed E-state index contributed by atoms with van der Waals surface area (Å²) in [6.45, 7) is 5.17. The molecule has 1 spiro atoms. The summed E-state index contributed by atoms with van der Waals surface area (Å²) in [6, 6.07) is 1.88. The number of likely N-dealkylation sites (tertiary alicyclic amines) is 1. The van der Waals surface area contributed by atoms with Gasteiger partial charge in [0.15, 0.2) is 0 Å². The third-order valence-electron chi connectivity index (χ3n) is 5.23. The van der Waals surface area contributed by atoms with E-state index >= 15 is 0 Å². The predicted octanol–water partition coefficient (Wildman–Crippen LogP) is 0.691. The Morgan fingerprint density at radius 2 is 2.22 bits per heavy atom. The van der Waals surface area contributed by atoms with Crippen molar-refractivity contribution in [1.29, 1.82) is 0 Å². The Morgan fingerprint density at radius 3 is 2.87 bits per heavy atom. The SMILES string of the molecule is CNC(=O)C1COC2(CN(Cc3ccoc3)C2)CN1CC1CC1. The molecule has 126 valence electrons. The van der Waals surface area contributed by atoms with Gasteiger partial charge in [0.25, 0.3) is 0 Å². The number of carbonyl (C=O) groups is 1. The first-order valence-corrected chi connectivity index (χ1v) is 8.50. The van der Waals surface area contributed by atoms with Gasteiger partial charge in [-0.25, -0.2) is 0 Å². The molecule has 1 aromatic heterocycles. The summed E-state index contributed by atoms with van der Waals surface area (Å²) in [7, 11) is 1.71. The van der Waals surface area contributed by atoms with E-state index in [-0.39, 0.29) is 17.6 Å². The lowest BCUT2D eigenvalue weighted by Gasteiger charge is -2.55. The van der Waals surface area contributed by atoms with Gasteiger partial charge in [0.05, 0.1) is 19.1 Å². The van der Waals surface area contributed by atoms with Crippen LogP contribution in [0, 0.1) is 5.92 Å². The van der Waals surface area contributed by atoms with Gasteiger partial charge in [0.1, 0.15) is 11.6 Å². The Kier molecular flexibility index (Phi) is 3.91. The molecule has 0 radical (unpaired) electrons. The van der Waals surface area contributed by atoms with Crippen molar-refractivity contribution >= 4 is 5.91 Å². The summed E-state index contributed by atoms with van der Waals surface area (Å²) < 4.78 is 11.3. The van der Waals surface area contributed by atoms with Crippen LogP contribution in [0.4, 0.5) is 0 Å². The summed E-state index contributed by atoms with van der Waals surface area (Å²) in [6.07, 6.45) is 6.12. The molecule has 0 aromatic carbocycles. The van der Waals surface area contributed by atoms with E-state index < -0.39 is 0 Å². The number of nitrogens with one attached hydrogen (secondary N) is 1. The van der Waals surface area contributed by atoms with Crippen molar-refractivity contribution in [2.45, 2.75) is 31.0 Å². The molecule has 6 nitrogen and oxygen atoms in total. The molecule has 3 fully saturated rings. The summed E-state index contributed by atoms with van der Waals surface area (Å²) in [5.41, 5.74) is 1.11. The zero-order chi connectivity index (χ0) is 15.9. The van der Waals surface area contributed by atoms with Crippen LogP contribution in [-0.4, -0.2) is 67.2 Å². The van der Waals surface area contributed by atoms with Crippen molar-refractivity contribution in [1.82, 2.24) is 15.1 Å². The topological polar surface area (TPSA) is 58.0 Å². The predicted molar refractivity (Wildman–Crippen MR) is 84.8 cm³/mol. The molecule has 1 atom stereocenters. The first kappa shape index (κ1) is 15.2. The lowest BCUT2D eigenvalue weighted by Crippen LogP contribution is -2.72. The van der Waals surface area contributed by atoms with Gasteiger partial charge in [-0.15, -0.1) is 0 Å². The smallest absolute Gasteiger partial charge is 0.239 e. The lowest BCUT2D eigenvalue weighted by molar-refractivity contribution is -0.203. The van der Waals surface area contributed by atoms with Crippen molar-refractivity contribution in [2.75, 3.05) is 39.8 Å². The van der Waals surface area contributed by atoms with Crippen LogP contribution in [0.5, 0.6) is 0 Å². The van der Waals surface area contributed by atoms with Gasteiger partial charge in [0, 0.05) is 45.3 Å². The summed E-state index contributed by atoms with van der Waals surface area (Å²) in [5.74, 6) is 0.856. The zero-order valence-electron chi connectivity index (χ0n) is 13.7. The molecule has 1 N–H and O–H groups in total. The second-order valence-electron chi connectivity index (χ2n) is 7.27. The number of hydrogen-bond donors (Lipinski definition) is 1. The average molecular weight is 319 g/mol. The Labute approximate surface area is 136 Å². The van der Waals surface area contributed by atoms with E-state index in [1.807, 2.05) is 6.07 Å². The second kappa shape index (κ2) is 5.92. The van der Waals surface area contributed by atoms with Crippen LogP contribution in [0.25, 0.3) is 0 Å². The van der Waals surface area contributed by atoms with E-state index in [0.717, 1.165) is 38.6 Å². The van der Waals surface area contributed by atoms with Crippen molar-refractivity contribution < 1.29 is 13.9 Å². The molecule has 6 heteroatoms. The van der Waals surface area contributed by atoms with Gasteiger partial charge in [-0.1, -0.05) is 0 Å². The maximum absolute atomic E-state index is 12.1. The number of morpholine rings is 1. The summed E-state index contributed by atoms with van der Waals surface area (Å²) in [5, 5.41) is 2.78. The number of rotatable bonds is 5. The highest BCUT2D eigenvalue weighted by Gasteiger charge is 2.50. The monoisotopic (exact) mass is 319 g/mol. The fourth-order valence-electron chi connectivity index (χ4n) is 3.83. The highest BCUT2D eigenvalue weighted by atomic mass is 16.5. The third-order valence-corrected chi connectivity index (χ3v) is 5.23. The Balaban J connectivity index is 1.36. The minimum Gasteiger partial charge on any atom is -0.472 e. The number of carbonyl (C=O) groups excluding carboxylic acids is 1. The molecule has 1 unspecified atom stereocenters. The number of furan rings is 1. The first-order valence-electron chi connectivity index (χ1n) is 8.50. The molecule has 1 saturated carbocycles. The Bertz CT molecular complexity index is 549. The molecule has 4 rings (SSSR count). The van der Waals surface area contributed by atoms with Gasteiger partial charge >= 0.3 is 0 Å². The van der Waals surface area contributed by atoms with Crippen molar-refractivity contribution in [3.8, 4) is 0 Å². The molecule has 23 heavy (non-hydrogen) atoms. The number of amides is 1. The maximum Gasteiger partial charge on any atom is 0.239 e. The molecule has 1 aliphatic carbocycles. The second-order valence-corrected chi connectivity index (χ2v) is 7.27. The number of nitrogens with zero attached hydrogens (tertiary/aromatic N) is 2. The minimum absolute atomic E-state index is 0.0788. The highest BCUT2D eigenvalue weighted by molar-refractivity contribution is 5.81. The molecule has 3 heterocycles. The van der Waals surface area contributed by atoms with E-state index in [2.05, 4.69) is 15.1 Å². The van der Waals surface area contributed by atoms with Crippen LogP contribution >= 0.6 is 0 Å². The van der Waals surface area contributed by atoms with Gasteiger partial charge in [-0.2, -0.15) is 0 Å². The first-order chi connectivity index (χ1) is 11.2. The van der Waals surface area contributed by atoms with E-state index in [1.54, 1.807) is 19.6 Å². The lowest BCUT2D eigenvalue weighted by atomic mass is 9.90. The van der Waals surface area contributed by atoms with Gasteiger partial charge in [-0.3, -0.25) is 14.6 Å². The molecule has 1 aromatic rings. The molecule has 1 amide bonds. The molecular weight excluding hydrogens is 294 g/mol. The molecule has 2 aliphatic heterocycles. The number of likely N-dealkylation sites (N-methyl/N-ethyl adjacent to an activating group) is 1. The minimum atomic E-state index is -0.130. The number of ether oxygens (including phenoxy) is 1. The molecule has 0 bridgehead atoms. The Morgan fingerprint density at radius 1 is 1.39 bits per heavy atom. The van der Waals surface area contributed by atoms with Crippen molar-refractivity contribution in [3.63, 3.8) is 0 Å². The standard InChI is InChI=1S/C17H25N3O3/c1-18-16(21)15-9-23-17(12-20(15)7-13-2-3-13)10-19(11-17)6-14-4-5-22-8-14/h4-5,8,13,15H,2-3,6-7,9-12H2,1H3,(H,18,21). The van der Waals surface area contributed by atoms with Gasteiger partial charge < -0.3 is 14.5 Å². The Hall–Kier alpha value is -1.37. The highest BCUT2D eigenvalue weighted by Crippen LogP contribution is 2.36. The average Bonchev–Trinajstić information content (AvgIpc) is 3.18. The fourth-order valence-corrected chi connectivity index (χ4v) is 3.83. The third kappa shape index (κ3) is 3.16. The quantitative estimate of drug-likeness (QED) is 0.865. The van der Waals surface area contributed by atoms with E-state index in [1.165, 1.54) is 18.4 Å². The largest absolute Gasteiger partial charge is 0.472 e. The van der Waals surface area contributed by atoms with Crippen LogP contribution in [0.3, 0.4) is 0 Å². The molecular formula is C17H25N3O3. The van der Waals surface area contributed by atoms with Crippen LogP contribution in [0.2, 0.25) is 0 Å². The molecule has 2 saturated heterocycles. The fraction of sp³-hybridized carbons (Fsp3) is 0.706. The van der Waals surface area contributed by atoms with Crippen LogP contribution in [-0.2, 0) is 16.1 Å².